The lowest BCUT2D eigenvalue weighted by Gasteiger charge is -2.45. The van der Waals surface area contributed by atoms with E-state index in [0.717, 1.165) is 26.2 Å². The lowest BCUT2D eigenvalue weighted by molar-refractivity contribution is -0.153. The number of carbonyl (C=O) groups excluding carboxylic acids is 1. The molecule has 1 atom stereocenters. The first-order valence-corrected chi connectivity index (χ1v) is 7.03. The average Bonchev–Trinajstić information content (AvgIpc) is 2.47. The largest absolute Gasteiger partial charge is 0.394 e. The van der Waals surface area contributed by atoms with E-state index >= 15 is 0 Å². The standard InChI is InChI=1S/C13H25N3O3/c1-13(2,15-5-3-14-4-6-15)12(18)16-7-8-19-10-11(16)9-17/h11,14,17H,3-10H2,1-2H3. The van der Waals surface area contributed by atoms with Crippen molar-refractivity contribution in [1.29, 1.82) is 0 Å². The summed E-state index contributed by atoms with van der Waals surface area (Å²) >= 11 is 0. The summed E-state index contributed by atoms with van der Waals surface area (Å²) in [7, 11) is 0. The van der Waals surface area contributed by atoms with Crippen molar-refractivity contribution < 1.29 is 14.6 Å². The minimum atomic E-state index is -0.521. The van der Waals surface area contributed by atoms with Gasteiger partial charge in [-0.15, -0.1) is 0 Å². The number of ether oxygens (including phenoxy) is 1. The first-order chi connectivity index (χ1) is 9.07. The van der Waals surface area contributed by atoms with Gasteiger partial charge in [-0.3, -0.25) is 9.69 Å². The van der Waals surface area contributed by atoms with Crippen molar-refractivity contribution in [1.82, 2.24) is 15.1 Å². The number of hydrogen-bond donors (Lipinski definition) is 2. The topological polar surface area (TPSA) is 65.0 Å². The molecule has 2 aliphatic heterocycles. The second-order valence-electron chi connectivity index (χ2n) is 5.71. The summed E-state index contributed by atoms with van der Waals surface area (Å²) in [6.45, 7) is 9.07. The van der Waals surface area contributed by atoms with Crippen molar-refractivity contribution in [2.75, 3.05) is 52.5 Å². The van der Waals surface area contributed by atoms with Crippen LogP contribution in [0.4, 0.5) is 0 Å². The Kier molecular flexibility index (Phi) is 4.78. The molecule has 0 aliphatic carbocycles. The SMILES string of the molecule is CC(C)(C(=O)N1CCOCC1CO)N1CCNCC1. The minimum absolute atomic E-state index is 0.0383. The van der Waals surface area contributed by atoms with Crippen molar-refractivity contribution in [2.45, 2.75) is 25.4 Å². The van der Waals surface area contributed by atoms with Crippen LogP contribution in [0.5, 0.6) is 0 Å². The fourth-order valence-corrected chi connectivity index (χ4v) is 2.78. The van der Waals surface area contributed by atoms with Crippen LogP contribution < -0.4 is 5.32 Å². The highest BCUT2D eigenvalue weighted by atomic mass is 16.5. The Labute approximate surface area is 114 Å². The van der Waals surface area contributed by atoms with E-state index in [1.54, 1.807) is 4.90 Å². The summed E-state index contributed by atoms with van der Waals surface area (Å²) in [5.74, 6) is 0.0942. The molecule has 2 rings (SSSR count). The van der Waals surface area contributed by atoms with Crippen LogP contribution in [0.15, 0.2) is 0 Å². The lowest BCUT2D eigenvalue weighted by atomic mass is 9.98. The van der Waals surface area contributed by atoms with Gasteiger partial charge >= 0.3 is 0 Å². The Bertz CT molecular complexity index is 316. The van der Waals surface area contributed by atoms with Gasteiger partial charge in [0.05, 0.1) is 31.4 Å². The van der Waals surface area contributed by atoms with Crippen LogP contribution in [0.25, 0.3) is 0 Å². The van der Waals surface area contributed by atoms with E-state index in [9.17, 15) is 9.90 Å². The van der Waals surface area contributed by atoms with Crippen molar-refractivity contribution in [2.24, 2.45) is 0 Å². The van der Waals surface area contributed by atoms with E-state index in [4.69, 9.17) is 4.74 Å². The highest BCUT2D eigenvalue weighted by Gasteiger charge is 2.40. The number of hydrogen-bond acceptors (Lipinski definition) is 5. The lowest BCUT2D eigenvalue weighted by Crippen LogP contribution is -2.64. The van der Waals surface area contributed by atoms with Crippen molar-refractivity contribution in [3.8, 4) is 0 Å². The van der Waals surface area contributed by atoms with E-state index in [0.29, 0.717) is 19.8 Å². The maximum absolute atomic E-state index is 12.8. The van der Waals surface area contributed by atoms with Gasteiger partial charge in [-0.1, -0.05) is 0 Å². The van der Waals surface area contributed by atoms with E-state index in [1.165, 1.54) is 0 Å². The van der Waals surface area contributed by atoms with Crippen molar-refractivity contribution in [3.63, 3.8) is 0 Å². The van der Waals surface area contributed by atoms with Crippen molar-refractivity contribution >= 4 is 5.91 Å². The number of nitrogens with zero attached hydrogens (tertiary/aromatic N) is 2. The number of rotatable bonds is 3. The number of amides is 1. The fraction of sp³-hybridized carbons (Fsp3) is 0.923. The van der Waals surface area contributed by atoms with E-state index in [1.807, 2.05) is 13.8 Å². The number of aliphatic hydroxyl groups is 1. The van der Waals surface area contributed by atoms with Gasteiger partial charge in [0.2, 0.25) is 5.91 Å². The van der Waals surface area contributed by atoms with E-state index in [2.05, 4.69) is 10.2 Å². The molecule has 0 saturated carbocycles. The van der Waals surface area contributed by atoms with Crippen LogP contribution in [0.1, 0.15) is 13.8 Å². The smallest absolute Gasteiger partial charge is 0.243 e. The summed E-state index contributed by atoms with van der Waals surface area (Å²) < 4.78 is 5.33. The van der Waals surface area contributed by atoms with Gasteiger partial charge in [0.25, 0.3) is 0 Å². The molecule has 0 aromatic heterocycles. The molecule has 2 heterocycles. The molecule has 1 amide bonds. The van der Waals surface area contributed by atoms with Crippen LogP contribution in [-0.2, 0) is 9.53 Å². The highest BCUT2D eigenvalue weighted by Crippen LogP contribution is 2.21. The Hall–Kier alpha value is -0.690. The molecule has 0 spiro atoms. The molecule has 0 bridgehead atoms. The zero-order chi connectivity index (χ0) is 13.9. The molecule has 2 N–H and O–H groups in total. The molecule has 0 radical (unpaired) electrons. The summed E-state index contributed by atoms with van der Waals surface area (Å²) in [5.41, 5.74) is -0.521. The third kappa shape index (κ3) is 3.08. The van der Waals surface area contributed by atoms with Gasteiger partial charge in [-0.25, -0.2) is 0 Å². The monoisotopic (exact) mass is 271 g/mol. The molecule has 2 aliphatic rings. The molecular weight excluding hydrogens is 246 g/mol. The molecule has 2 fully saturated rings. The van der Waals surface area contributed by atoms with Crippen LogP contribution >= 0.6 is 0 Å². The summed E-state index contributed by atoms with van der Waals surface area (Å²) in [5, 5.41) is 12.7. The van der Waals surface area contributed by atoms with Gasteiger partial charge < -0.3 is 20.1 Å². The number of morpholine rings is 1. The van der Waals surface area contributed by atoms with Crippen LogP contribution in [0.2, 0.25) is 0 Å². The van der Waals surface area contributed by atoms with Gasteiger partial charge in [-0.2, -0.15) is 0 Å². The number of piperazine rings is 1. The minimum Gasteiger partial charge on any atom is -0.394 e. The molecule has 0 aromatic carbocycles. The number of aliphatic hydroxyl groups excluding tert-OH is 1. The third-order valence-electron chi connectivity index (χ3n) is 4.13. The second-order valence-corrected chi connectivity index (χ2v) is 5.71. The summed E-state index contributed by atoms with van der Waals surface area (Å²) in [4.78, 5) is 16.8. The van der Waals surface area contributed by atoms with E-state index < -0.39 is 5.54 Å². The molecule has 6 heteroatoms. The van der Waals surface area contributed by atoms with Gasteiger partial charge in [0, 0.05) is 32.7 Å². The zero-order valence-electron chi connectivity index (χ0n) is 11.9. The zero-order valence-corrected chi connectivity index (χ0v) is 11.9. The normalized spacial score (nSPS) is 26.5. The quantitative estimate of drug-likeness (QED) is 0.681. The molecule has 2 saturated heterocycles. The number of carbonyl (C=O) groups is 1. The second kappa shape index (κ2) is 6.17. The maximum Gasteiger partial charge on any atom is 0.243 e. The molecule has 0 aromatic rings. The highest BCUT2D eigenvalue weighted by molar-refractivity contribution is 5.86. The molecular formula is C13H25N3O3. The van der Waals surface area contributed by atoms with E-state index in [-0.39, 0.29) is 18.6 Å². The van der Waals surface area contributed by atoms with Gasteiger partial charge in [-0.05, 0) is 13.8 Å². The average molecular weight is 271 g/mol. The fourth-order valence-electron chi connectivity index (χ4n) is 2.78. The third-order valence-corrected chi connectivity index (χ3v) is 4.13. The Balaban J connectivity index is 2.07. The number of nitrogens with one attached hydrogen (secondary N) is 1. The predicted octanol–water partition coefficient (Wildman–Crippen LogP) is -1.11. The first-order valence-electron chi connectivity index (χ1n) is 7.03. The predicted molar refractivity (Wildman–Crippen MR) is 71.9 cm³/mol. The molecule has 1 unspecified atom stereocenters. The maximum atomic E-state index is 12.8. The Morgan fingerprint density at radius 2 is 2.05 bits per heavy atom. The Morgan fingerprint density at radius 3 is 2.68 bits per heavy atom. The first kappa shape index (κ1) is 14.7. The van der Waals surface area contributed by atoms with Crippen LogP contribution in [0, 0.1) is 0 Å². The molecule has 19 heavy (non-hydrogen) atoms. The molecule has 110 valence electrons. The van der Waals surface area contributed by atoms with Crippen molar-refractivity contribution in [3.05, 3.63) is 0 Å². The van der Waals surface area contributed by atoms with Crippen LogP contribution in [-0.4, -0.2) is 84.9 Å². The molecule has 6 nitrogen and oxygen atoms in total. The van der Waals surface area contributed by atoms with Gasteiger partial charge in [0.1, 0.15) is 0 Å². The van der Waals surface area contributed by atoms with Gasteiger partial charge in [0.15, 0.2) is 0 Å². The van der Waals surface area contributed by atoms with Crippen LogP contribution in [0.3, 0.4) is 0 Å². The Morgan fingerprint density at radius 1 is 1.37 bits per heavy atom. The summed E-state index contributed by atoms with van der Waals surface area (Å²) in [6, 6.07) is -0.205. The summed E-state index contributed by atoms with van der Waals surface area (Å²) in [6.07, 6.45) is 0.